The maximum atomic E-state index is 5.87. The smallest absolute Gasteiger partial charge is 0.227 e. The standard InChI is InChI=1S/C21H21N7/c1-13(14-8-10-16(11-9-14)15-6-4-3-5-7-15)28(2)21-24-12-17-18(22)25-20(23)26-19(17)27-21/h3-13H,1-2H3,(H4,22,23,24,25,26,27). The summed E-state index contributed by atoms with van der Waals surface area (Å²) in [5.41, 5.74) is 15.5. The molecule has 0 aliphatic rings. The maximum Gasteiger partial charge on any atom is 0.227 e. The van der Waals surface area contributed by atoms with Crippen molar-refractivity contribution in [3.05, 3.63) is 66.4 Å². The van der Waals surface area contributed by atoms with Gasteiger partial charge in [0.25, 0.3) is 0 Å². The van der Waals surface area contributed by atoms with E-state index in [-0.39, 0.29) is 17.8 Å². The minimum atomic E-state index is 0.0683. The molecule has 7 nitrogen and oxygen atoms in total. The number of nitrogens with zero attached hydrogens (tertiary/aromatic N) is 5. The van der Waals surface area contributed by atoms with Crippen LogP contribution in [0.3, 0.4) is 0 Å². The van der Waals surface area contributed by atoms with Crippen LogP contribution in [0, 0.1) is 0 Å². The van der Waals surface area contributed by atoms with E-state index in [0.29, 0.717) is 17.0 Å². The summed E-state index contributed by atoms with van der Waals surface area (Å²) in [6.45, 7) is 2.10. The molecule has 140 valence electrons. The zero-order chi connectivity index (χ0) is 19.7. The summed E-state index contributed by atoms with van der Waals surface area (Å²) in [6, 6.07) is 18.9. The molecule has 7 heteroatoms. The number of aromatic nitrogens is 4. The number of rotatable bonds is 4. The van der Waals surface area contributed by atoms with E-state index >= 15 is 0 Å². The van der Waals surface area contributed by atoms with Gasteiger partial charge in [-0.2, -0.15) is 15.0 Å². The van der Waals surface area contributed by atoms with Gasteiger partial charge in [0.15, 0.2) is 5.65 Å². The molecule has 1 atom stereocenters. The van der Waals surface area contributed by atoms with Gasteiger partial charge in [0.05, 0.1) is 11.4 Å². The fourth-order valence-electron chi connectivity index (χ4n) is 3.10. The molecule has 0 amide bonds. The van der Waals surface area contributed by atoms with E-state index in [1.807, 2.05) is 30.1 Å². The average Bonchev–Trinajstić information content (AvgIpc) is 2.73. The number of benzene rings is 2. The van der Waals surface area contributed by atoms with Crippen molar-refractivity contribution in [2.45, 2.75) is 13.0 Å². The predicted octanol–water partition coefficient (Wildman–Crippen LogP) is 3.45. The molecule has 4 rings (SSSR count). The van der Waals surface area contributed by atoms with Crippen molar-refractivity contribution in [1.29, 1.82) is 0 Å². The summed E-state index contributed by atoms with van der Waals surface area (Å²) >= 11 is 0. The first-order valence-electron chi connectivity index (χ1n) is 8.97. The Bertz CT molecular complexity index is 1110. The lowest BCUT2D eigenvalue weighted by Gasteiger charge is -2.25. The first kappa shape index (κ1) is 17.7. The fourth-order valence-corrected chi connectivity index (χ4v) is 3.10. The van der Waals surface area contributed by atoms with E-state index in [0.717, 1.165) is 5.56 Å². The van der Waals surface area contributed by atoms with E-state index in [4.69, 9.17) is 11.5 Å². The summed E-state index contributed by atoms with van der Waals surface area (Å²) in [5.74, 6) is 0.924. The Morgan fingerprint density at radius 2 is 1.54 bits per heavy atom. The Kier molecular flexibility index (Phi) is 4.49. The van der Waals surface area contributed by atoms with E-state index in [9.17, 15) is 0 Å². The first-order valence-corrected chi connectivity index (χ1v) is 8.97. The van der Waals surface area contributed by atoms with Crippen LogP contribution in [0.4, 0.5) is 17.7 Å². The third-order valence-electron chi connectivity index (χ3n) is 4.88. The van der Waals surface area contributed by atoms with Gasteiger partial charge in [0.1, 0.15) is 5.82 Å². The monoisotopic (exact) mass is 371 g/mol. The quantitative estimate of drug-likeness (QED) is 0.566. The van der Waals surface area contributed by atoms with Gasteiger partial charge >= 0.3 is 0 Å². The van der Waals surface area contributed by atoms with Crippen molar-refractivity contribution in [2.24, 2.45) is 0 Å². The largest absolute Gasteiger partial charge is 0.383 e. The van der Waals surface area contributed by atoms with Crippen molar-refractivity contribution in [2.75, 3.05) is 23.4 Å². The van der Waals surface area contributed by atoms with Gasteiger partial charge in [0.2, 0.25) is 11.9 Å². The van der Waals surface area contributed by atoms with Gasteiger partial charge in [-0.25, -0.2) is 4.98 Å². The van der Waals surface area contributed by atoms with Crippen LogP contribution in [0.1, 0.15) is 18.5 Å². The molecule has 1 unspecified atom stereocenters. The molecule has 0 bridgehead atoms. The van der Waals surface area contributed by atoms with Crippen molar-refractivity contribution in [3.8, 4) is 11.1 Å². The molecule has 0 spiro atoms. The number of anilines is 3. The molecular formula is C21H21N7. The lowest BCUT2D eigenvalue weighted by atomic mass is 10.0. The third kappa shape index (κ3) is 3.29. The SMILES string of the molecule is CC(c1ccc(-c2ccccc2)cc1)N(C)c1ncc2c(N)nc(N)nc2n1. The second-order valence-corrected chi connectivity index (χ2v) is 6.65. The lowest BCUT2D eigenvalue weighted by molar-refractivity contribution is 0.717. The molecule has 2 aromatic carbocycles. The predicted molar refractivity (Wildman–Crippen MR) is 113 cm³/mol. The normalized spacial score (nSPS) is 12.1. The summed E-state index contributed by atoms with van der Waals surface area (Å²) in [7, 11) is 1.95. The van der Waals surface area contributed by atoms with Crippen LogP contribution in [-0.2, 0) is 0 Å². The molecule has 2 heterocycles. The minimum Gasteiger partial charge on any atom is -0.383 e. The highest BCUT2D eigenvalue weighted by molar-refractivity contribution is 5.86. The van der Waals surface area contributed by atoms with Crippen LogP contribution in [0.2, 0.25) is 0 Å². The number of hydrogen-bond donors (Lipinski definition) is 2. The van der Waals surface area contributed by atoms with Crippen molar-refractivity contribution in [3.63, 3.8) is 0 Å². The van der Waals surface area contributed by atoms with Gasteiger partial charge in [0, 0.05) is 13.2 Å². The zero-order valence-corrected chi connectivity index (χ0v) is 15.7. The number of fused-ring (bicyclic) bond motifs is 1. The van der Waals surface area contributed by atoms with Gasteiger partial charge in [-0.3, -0.25) is 0 Å². The molecule has 0 saturated heterocycles. The van der Waals surface area contributed by atoms with Gasteiger partial charge < -0.3 is 16.4 Å². The Morgan fingerprint density at radius 3 is 2.25 bits per heavy atom. The molecule has 2 aromatic heterocycles. The van der Waals surface area contributed by atoms with E-state index < -0.39 is 0 Å². The molecule has 4 N–H and O–H groups in total. The highest BCUT2D eigenvalue weighted by Crippen LogP contribution is 2.27. The summed E-state index contributed by atoms with van der Waals surface area (Å²) < 4.78 is 0. The second-order valence-electron chi connectivity index (χ2n) is 6.65. The van der Waals surface area contributed by atoms with Gasteiger partial charge in [-0.1, -0.05) is 54.6 Å². The van der Waals surface area contributed by atoms with Crippen LogP contribution >= 0.6 is 0 Å². The molecule has 0 saturated carbocycles. The Labute approximate surface area is 163 Å². The van der Waals surface area contributed by atoms with Gasteiger partial charge in [-0.05, 0) is 23.6 Å². The Morgan fingerprint density at radius 1 is 0.857 bits per heavy atom. The van der Waals surface area contributed by atoms with Crippen LogP contribution in [0.5, 0.6) is 0 Å². The van der Waals surface area contributed by atoms with Crippen LogP contribution < -0.4 is 16.4 Å². The summed E-state index contributed by atoms with van der Waals surface area (Å²) in [5, 5.41) is 0.589. The molecule has 0 aliphatic heterocycles. The molecule has 0 aliphatic carbocycles. The average molecular weight is 371 g/mol. The Hall–Kier alpha value is -3.74. The number of nitrogens with two attached hydrogens (primary N) is 2. The minimum absolute atomic E-state index is 0.0683. The number of nitrogen functional groups attached to an aromatic ring is 2. The fraction of sp³-hybridized carbons (Fsp3) is 0.143. The molecule has 0 radical (unpaired) electrons. The Balaban J connectivity index is 1.61. The van der Waals surface area contributed by atoms with Crippen molar-refractivity contribution < 1.29 is 0 Å². The molecular weight excluding hydrogens is 350 g/mol. The zero-order valence-electron chi connectivity index (χ0n) is 15.7. The second kappa shape index (κ2) is 7.11. The van der Waals surface area contributed by atoms with E-state index in [1.165, 1.54) is 11.1 Å². The van der Waals surface area contributed by atoms with E-state index in [2.05, 4.69) is 63.3 Å². The summed E-state index contributed by atoms with van der Waals surface area (Å²) in [6.07, 6.45) is 1.63. The van der Waals surface area contributed by atoms with Crippen LogP contribution in [0.15, 0.2) is 60.8 Å². The van der Waals surface area contributed by atoms with E-state index in [1.54, 1.807) is 6.20 Å². The van der Waals surface area contributed by atoms with Crippen molar-refractivity contribution >= 4 is 28.7 Å². The molecule has 0 fully saturated rings. The maximum absolute atomic E-state index is 5.87. The van der Waals surface area contributed by atoms with Gasteiger partial charge in [-0.15, -0.1) is 0 Å². The number of hydrogen-bond acceptors (Lipinski definition) is 7. The topological polar surface area (TPSA) is 107 Å². The summed E-state index contributed by atoms with van der Waals surface area (Å²) in [4.78, 5) is 19.0. The highest BCUT2D eigenvalue weighted by Gasteiger charge is 2.16. The van der Waals surface area contributed by atoms with Crippen molar-refractivity contribution in [1.82, 2.24) is 19.9 Å². The first-order chi connectivity index (χ1) is 13.5. The highest BCUT2D eigenvalue weighted by atomic mass is 15.3. The van der Waals surface area contributed by atoms with Crippen LogP contribution in [0.25, 0.3) is 22.2 Å². The van der Waals surface area contributed by atoms with Crippen LogP contribution in [-0.4, -0.2) is 27.0 Å². The molecule has 4 aromatic rings. The third-order valence-corrected chi connectivity index (χ3v) is 4.88. The molecule has 28 heavy (non-hydrogen) atoms. The lowest BCUT2D eigenvalue weighted by Crippen LogP contribution is -2.23.